The zero-order valence-corrected chi connectivity index (χ0v) is 11.5. The van der Waals surface area contributed by atoms with Crippen LogP contribution in [0.4, 0.5) is 0 Å². The Hall–Kier alpha value is -1.57. The molecule has 0 bridgehead atoms. The molecule has 2 aliphatic carbocycles. The maximum Gasteiger partial charge on any atom is 0.244 e. The third kappa shape index (κ3) is 2.09. The van der Waals surface area contributed by atoms with Gasteiger partial charge in [0.1, 0.15) is 0 Å². The number of carbonyl (C=O) groups is 1. The molecule has 1 N–H and O–H groups in total. The van der Waals surface area contributed by atoms with E-state index >= 15 is 0 Å². The summed E-state index contributed by atoms with van der Waals surface area (Å²) in [6.07, 6.45) is 9.38. The van der Waals surface area contributed by atoms with Crippen molar-refractivity contribution in [3.05, 3.63) is 41.5 Å². The summed E-state index contributed by atoms with van der Waals surface area (Å²) in [6.45, 7) is 0. The van der Waals surface area contributed by atoms with Gasteiger partial charge in [-0.05, 0) is 41.4 Å². The van der Waals surface area contributed by atoms with Crippen LogP contribution in [0.2, 0.25) is 0 Å². The molecular formula is C17H21NO. The first kappa shape index (κ1) is 12.5. The van der Waals surface area contributed by atoms with Crippen LogP contribution < -0.4 is 5.32 Å². The van der Waals surface area contributed by atoms with Gasteiger partial charge in [0, 0.05) is 13.1 Å². The molecule has 1 saturated carbocycles. The predicted molar refractivity (Wildman–Crippen MR) is 77.9 cm³/mol. The number of likely N-dealkylation sites (N-methyl/N-ethyl adjacent to an activating group) is 1. The van der Waals surface area contributed by atoms with Crippen molar-refractivity contribution < 1.29 is 4.79 Å². The van der Waals surface area contributed by atoms with E-state index < -0.39 is 0 Å². The van der Waals surface area contributed by atoms with Crippen LogP contribution >= 0.6 is 0 Å². The quantitative estimate of drug-likeness (QED) is 0.765. The van der Waals surface area contributed by atoms with Crippen molar-refractivity contribution in [2.75, 3.05) is 7.05 Å². The molecule has 1 fully saturated rings. The summed E-state index contributed by atoms with van der Waals surface area (Å²) in [4.78, 5) is 11.7. The Balaban J connectivity index is 2.04. The molecule has 2 heteroatoms. The molecule has 2 nitrogen and oxygen atoms in total. The van der Waals surface area contributed by atoms with Crippen LogP contribution in [-0.4, -0.2) is 13.0 Å². The second-order valence-corrected chi connectivity index (χ2v) is 5.85. The molecule has 0 heterocycles. The molecule has 0 radical (unpaired) electrons. The van der Waals surface area contributed by atoms with E-state index in [0.717, 1.165) is 6.42 Å². The van der Waals surface area contributed by atoms with E-state index in [1.165, 1.54) is 48.8 Å². The van der Waals surface area contributed by atoms with Gasteiger partial charge < -0.3 is 5.32 Å². The van der Waals surface area contributed by atoms with E-state index in [4.69, 9.17) is 0 Å². The van der Waals surface area contributed by atoms with Crippen molar-refractivity contribution >= 4 is 11.5 Å². The number of benzene rings is 1. The molecule has 2 aliphatic rings. The maximum atomic E-state index is 11.7. The number of fused-ring (bicyclic) bond motifs is 2. The van der Waals surface area contributed by atoms with Crippen LogP contribution in [0, 0.1) is 0 Å². The van der Waals surface area contributed by atoms with Crippen LogP contribution in [-0.2, 0) is 10.2 Å². The summed E-state index contributed by atoms with van der Waals surface area (Å²) in [7, 11) is 1.69. The second-order valence-electron chi connectivity index (χ2n) is 5.85. The maximum absolute atomic E-state index is 11.7. The van der Waals surface area contributed by atoms with Crippen LogP contribution in [0.1, 0.15) is 49.7 Å². The van der Waals surface area contributed by atoms with E-state index in [2.05, 4.69) is 29.6 Å². The third-order valence-corrected chi connectivity index (χ3v) is 4.74. The minimum absolute atomic E-state index is 0.0117. The minimum Gasteiger partial charge on any atom is -0.356 e. The number of hydrogen-bond acceptors (Lipinski definition) is 1. The average Bonchev–Trinajstić information content (AvgIpc) is 2.74. The Bertz CT molecular complexity index is 524. The van der Waals surface area contributed by atoms with Crippen molar-refractivity contribution in [3.63, 3.8) is 0 Å². The molecule has 1 amide bonds. The molecule has 1 aromatic carbocycles. The van der Waals surface area contributed by atoms with Gasteiger partial charge >= 0.3 is 0 Å². The van der Waals surface area contributed by atoms with Gasteiger partial charge in [-0.1, -0.05) is 43.5 Å². The Labute approximate surface area is 114 Å². The monoisotopic (exact) mass is 255 g/mol. The van der Waals surface area contributed by atoms with Crippen LogP contribution in [0.15, 0.2) is 30.3 Å². The number of nitrogens with one attached hydrogen (secondary N) is 1. The fourth-order valence-corrected chi connectivity index (χ4v) is 3.81. The molecular weight excluding hydrogens is 234 g/mol. The molecule has 0 saturated heterocycles. The summed E-state index contributed by atoms with van der Waals surface area (Å²) >= 11 is 0. The lowest BCUT2D eigenvalue weighted by atomic mass is 9.70. The molecule has 1 spiro atoms. The highest BCUT2D eigenvalue weighted by atomic mass is 16.1. The molecule has 0 unspecified atom stereocenters. The fourth-order valence-electron chi connectivity index (χ4n) is 3.81. The Morgan fingerprint density at radius 1 is 1.21 bits per heavy atom. The third-order valence-electron chi connectivity index (χ3n) is 4.74. The van der Waals surface area contributed by atoms with Gasteiger partial charge in [0.05, 0.1) is 0 Å². The highest BCUT2D eigenvalue weighted by Gasteiger charge is 2.41. The van der Waals surface area contributed by atoms with Crippen LogP contribution in [0.5, 0.6) is 0 Å². The predicted octanol–water partition coefficient (Wildman–Crippen LogP) is 3.42. The van der Waals surface area contributed by atoms with Gasteiger partial charge in [-0.3, -0.25) is 4.79 Å². The summed E-state index contributed by atoms with van der Waals surface area (Å²) in [6, 6.07) is 8.66. The SMILES string of the molecule is CNC(=O)C=C1CC2(CCCCC2)c2ccccc21. The second kappa shape index (κ2) is 4.84. The standard InChI is InChI=1S/C17H21NO/c1-18-16(19)11-13-12-17(9-5-2-6-10-17)15-8-4-3-7-14(13)15/h3-4,7-8,11H,2,5-6,9-10,12H2,1H3,(H,18,19). The van der Waals surface area contributed by atoms with Crippen molar-refractivity contribution in [3.8, 4) is 0 Å². The van der Waals surface area contributed by atoms with E-state index in [9.17, 15) is 4.79 Å². The zero-order chi connectivity index (χ0) is 13.3. The molecule has 100 valence electrons. The van der Waals surface area contributed by atoms with E-state index in [1.54, 1.807) is 13.1 Å². The smallest absolute Gasteiger partial charge is 0.244 e. The van der Waals surface area contributed by atoms with Crippen molar-refractivity contribution in [1.82, 2.24) is 5.32 Å². The first-order chi connectivity index (χ1) is 9.25. The highest BCUT2D eigenvalue weighted by molar-refractivity contribution is 5.96. The number of amides is 1. The van der Waals surface area contributed by atoms with Crippen molar-refractivity contribution in [1.29, 1.82) is 0 Å². The number of hydrogen-bond donors (Lipinski definition) is 1. The molecule has 1 aromatic rings. The molecule has 0 atom stereocenters. The molecule has 19 heavy (non-hydrogen) atoms. The number of allylic oxidation sites excluding steroid dienone is 1. The number of rotatable bonds is 1. The van der Waals surface area contributed by atoms with Gasteiger partial charge in [0.15, 0.2) is 0 Å². The molecule has 0 aliphatic heterocycles. The topological polar surface area (TPSA) is 29.1 Å². The lowest BCUT2D eigenvalue weighted by Crippen LogP contribution is -2.25. The van der Waals surface area contributed by atoms with E-state index in [0.29, 0.717) is 5.41 Å². The van der Waals surface area contributed by atoms with Gasteiger partial charge in [0.25, 0.3) is 0 Å². The Morgan fingerprint density at radius 2 is 1.95 bits per heavy atom. The Kier molecular flexibility index (Phi) is 3.17. The molecule has 0 aromatic heterocycles. The van der Waals surface area contributed by atoms with Gasteiger partial charge in [-0.25, -0.2) is 0 Å². The van der Waals surface area contributed by atoms with Crippen LogP contribution in [0.3, 0.4) is 0 Å². The lowest BCUT2D eigenvalue weighted by molar-refractivity contribution is -0.116. The molecule has 3 rings (SSSR count). The van der Waals surface area contributed by atoms with Crippen molar-refractivity contribution in [2.45, 2.75) is 43.9 Å². The van der Waals surface area contributed by atoms with Gasteiger partial charge in [-0.2, -0.15) is 0 Å². The Morgan fingerprint density at radius 3 is 2.68 bits per heavy atom. The number of carbonyl (C=O) groups excluding carboxylic acids is 1. The first-order valence-electron chi connectivity index (χ1n) is 7.27. The van der Waals surface area contributed by atoms with Gasteiger partial charge in [0.2, 0.25) is 5.91 Å². The summed E-state index contributed by atoms with van der Waals surface area (Å²) in [5, 5.41) is 2.70. The normalized spacial score (nSPS) is 22.5. The van der Waals surface area contributed by atoms with Crippen molar-refractivity contribution in [2.24, 2.45) is 0 Å². The minimum atomic E-state index is 0.0117. The highest BCUT2D eigenvalue weighted by Crippen LogP contribution is 2.52. The summed E-state index contributed by atoms with van der Waals surface area (Å²) < 4.78 is 0. The average molecular weight is 255 g/mol. The lowest BCUT2D eigenvalue weighted by Gasteiger charge is -2.34. The van der Waals surface area contributed by atoms with Gasteiger partial charge in [-0.15, -0.1) is 0 Å². The van der Waals surface area contributed by atoms with Crippen LogP contribution in [0.25, 0.3) is 5.57 Å². The van der Waals surface area contributed by atoms with E-state index in [1.807, 2.05) is 0 Å². The van der Waals surface area contributed by atoms with E-state index in [-0.39, 0.29) is 5.91 Å². The first-order valence-corrected chi connectivity index (χ1v) is 7.27. The fraction of sp³-hybridized carbons (Fsp3) is 0.471. The summed E-state index contributed by atoms with van der Waals surface area (Å²) in [5.41, 5.74) is 4.31. The largest absolute Gasteiger partial charge is 0.356 e. The summed E-state index contributed by atoms with van der Waals surface area (Å²) in [5.74, 6) is 0.0117. The zero-order valence-electron chi connectivity index (χ0n) is 11.5.